The van der Waals surface area contributed by atoms with Gasteiger partial charge in [-0.15, -0.1) is 0 Å². The predicted octanol–water partition coefficient (Wildman–Crippen LogP) is 4.66. The van der Waals surface area contributed by atoms with Crippen LogP contribution in [-0.4, -0.2) is 19.8 Å². The minimum absolute atomic E-state index is 0.617. The topological polar surface area (TPSA) is 30.5 Å². The van der Waals surface area contributed by atoms with Gasteiger partial charge in [-0.05, 0) is 37.6 Å². The van der Waals surface area contributed by atoms with Crippen molar-refractivity contribution in [1.29, 1.82) is 0 Å². The van der Waals surface area contributed by atoms with Crippen LogP contribution in [0.1, 0.15) is 25.3 Å². The van der Waals surface area contributed by atoms with Gasteiger partial charge in [-0.2, -0.15) is 0 Å². The van der Waals surface area contributed by atoms with E-state index in [-0.39, 0.29) is 0 Å². The Kier molecular flexibility index (Phi) is 6.62. The first-order chi connectivity index (χ1) is 10.8. The van der Waals surface area contributed by atoms with E-state index < -0.39 is 0 Å². The predicted molar refractivity (Wildman–Crippen MR) is 92.0 cm³/mol. The number of nitrogens with one attached hydrogen (secondary N) is 1. The van der Waals surface area contributed by atoms with Crippen LogP contribution in [0, 0.1) is 6.92 Å². The van der Waals surface area contributed by atoms with Crippen LogP contribution in [0.5, 0.6) is 11.5 Å². The van der Waals surface area contributed by atoms with Crippen LogP contribution in [-0.2, 0) is 0 Å². The van der Waals surface area contributed by atoms with Crippen molar-refractivity contribution >= 4 is 5.69 Å². The smallest absolute Gasteiger partial charge is 0.142 e. The Morgan fingerprint density at radius 1 is 0.909 bits per heavy atom. The summed E-state index contributed by atoms with van der Waals surface area (Å²) in [7, 11) is 0. The Labute approximate surface area is 133 Å². The molecule has 0 heterocycles. The lowest BCUT2D eigenvalue weighted by Gasteiger charge is -2.13. The Hall–Kier alpha value is -2.16. The molecule has 0 fully saturated rings. The molecular formula is C19H25NO2. The summed E-state index contributed by atoms with van der Waals surface area (Å²) in [5.41, 5.74) is 2.26. The Morgan fingerprint density at radius 3 is 2.45 bits per heavy atom. The second-order valence-corrected chi connectivity index (χ2v) is 5.29. The monoisotopic (exact) mass is 299 g/mol. The number of para-hydroxylation sites is 2. The molecule has 0 aliphatic rings. The maximum atomic E-state index is 5.80. The molecule has 2 aromatic rings. The molecule has 1 N–H and O–H groups in total. The SMILES string of the molecule is CCCCOc1ccccc1NCCOc1ccc(C)cc1. The fraction of sp³-hybridized carbons (Fsp3) is 0.368. The molecule has 3 heteroatoms. The molecule has 22 heavy (non-hydrogen) atoms. The number of ether oxygens (including phenoxy) is 2. The molecule has 0 amide bonds. The molecule has 0 atom stereocenters. The summed E-state index contributed by atoms with van der Waals surface area (Å²) in [6, 6.07) is 16.1. The molecule has 2 rings (SSSR count). The quantitative estimate of drug-likeness (QED) is 0.683. The molecule has 0 radical (unpaired) electrons. The van der Waals surface area contributed by atoms with Gasteiger partial charge in [-0.1, -0.05) is 43.2 Å². The Balaban J connectivity index is 1.77. The largest absolute Gasteiger partial charge is 0.492 e. The highest BCUT2D eigenvalue weighted by atomic mass is 16.5. The minimum Gasteiger partial charge on any atom is -0.492 e. The van der Waals surface area contributed by atoms with Gasteiger partial charge in [0.2, 0.25) is 0 Å². The number of unbranched alkanes of at least 4 members (excludes halogenated alkanes) is 1. The van der Waals surface area contributed by atoms with Crippen molar-refractivity contribution in [3.63, 3.8) is 0 Å². The van der Waals surface area contributed by atoms with E-state index in [1.54, 1.807) is 0 Å². The molecule has 0 spiro atoms. The molecule has 2 aromatic carbocycles. The molecule has 3 nitrogen and oxygen atoms in total. The van der Waals surface area contributed by atoms with E-state index in [1.807, 2.05) is 36.4 Å². The van der Waals surface area contributed by atoms with Gasteiger partial charge in [-0.25, -0.2) is 0 Å². The average Bonchev–Trinajstić information content (AvgIpc) is 2.55. The van der Waals surface area contributed by atoms with Gasteiger partial charge < -0.3 is 14.8 Å². The number of hydrogen-bond acceptors (Lipinski definition) is 3. The maximum Gasteiger partial charge on any atom is 0.142 e. The van der Waals surface area contributed by atoms with Gasteiger partial charge >= 0.3 is 0 Å². The summed E-state index contributed by atoms with van der Waals surface area (Å²) in [5, 5.41) is 3.37. The first kappa shape index (κ1) is 16.2. The van der Waals surface area contributed by atoms with Crippen molar-refractivity contribution < 1.29 is 9.47 Å². The zero-order valence-corrected chi connectivity index (χ0v) is 13.5. The third-order valence-electron chi connectivity index (χ3n) is 3.35. The van der Waals surface area contributed by atoms with E-state index in [2.05, 4.69) is 31.3 Å². The van der Waals surface area contributed by atoms with Crippen molar-refractivity contribution in [2.24, 2.45) is 0 Å². The van der Waals surface area contributed by atoms with Crippen LogP contribution in [0.15, 0.2) is 48.5 Å². The van der Waals surface area contributed by atoms with Crippen molar-refractivity contribution in [3.05, 3.63) is 54.1 Å². The Morgan fingerprint density at radius 2 is 1.68 bits per heavy atom. The third kappa shape index (κ3) is 5.32. The normalized spacial score (nSPS) is 10.3. The van der Waals surface area contributed by atoms with E-state index in [0.717, 1.165) is 43.2 Å². The second kappa shape index (κ2) is 8.98. The van der Waals surface area contributed by atoms with Gasteiger partial charge in [0.25, 0.3) is 0 Å². The van der Waals surface area contributed by atoms with E-state index in [1.165, 1.54) is 5.56 Å². The molecule has 0 bridgehead atoms. The van der Waals surface area contributed by atoms with Crippen molar-refractivity contribution in [2.75, 3.05) is 25.1 Å². The minimum atomic E-state index is 0.617. The van der Waals surface area contributed by atoms with Crippen LogP contribution in [0.2, 0.25) is 0 Å². The summed E-state index contributed by atoms with van der Waals surface area (Å²) in [5.74, 6) is 1.81. The fourth-order valence-corrected chi connectivity index (χ4v) is 2.05. The summed E-state index contributed by atoms with van der Waals surface area (Å²) in [4.78, 5) is 0. The zero-order valence-electron chi connectivity index (χ0n) is 13.5. The van der Waals surface area contributed by atoms with E-state index in [9.17, 15) is 0 Å². The summed E-state index contributed by atoms with van der Waals surface area (Å²) in [6.07, 6.45) is 2.21. The van der Waals surface area contributed by atoms with Gasteiger partial charge in [0.1, 0.15) is 18.1 Å². The Bertz CT molecular complexity index is 552. The molecule has 0 aliphatic heterocycles. The number of benzene rings is 2. The lowest BCUT2D eigenvalue weighted by atomic mass is 10.2. The third-order valence-corrected chi connectivity index (χ3v) is 3.35. The molecule has 0 aromatic heterocycles. The van der Waals surface area contributed by atoms with Gasteiger partial charge in [0, 0.05) is 6.54 Å². The van der Waals surface area contributed by atoms with E-state index in [0.29, 0.717) is 6.61 Å². The average molecular weight is 299 g/mol. The zero-order chi connectivity index (χ0) is 15.6. The fourth-order valence-electron chi connectivity index (χ4n) is 2.05. The summed E-state index contributed by atoms with van der Waals surface area (Å²) < 4.78 is 11.5. The van der Waals surface area contributed by atoms with Crippen LogP contribution >= 0.6 is 0 Å². The van der Waals surface area contributed by atoms with Crippen LogP contribution in [0.25, 0.3) is 0 Å². The second-order valence-electron chi connectivity index (χ2n) is 5.29. The number of aryl methyl sites for hydroxylation is 1. The lowest BCUT2D eigenvalue weighted by molar-refractivity contribution is 0.309. The molecule has 0 unspecified atom stereocenters. The standard InChI is InChI=1S/C19H25NO2/c1-3-4-14-22-19-8-6-5-7-18(19)20-13-15-21-17-11-9-16(2)10-12-17/h5-12,20H,3-4,13-15H2,1-2H3. The highest BCUT2D eigenvalue weighted by molar-refractivity contribution is 5.56. The lowest BCUT2D eigenvalue weighted by Crippen LogP contribution is -2.12. The molecule has 0 aliphatic carbocycles. The van der Waals surface area contributed by atoms with E-state index >= 15 is 0 Å². The van der Waals surface area contributed by atoms with Gasteiger partial charge in [-0.3, -0.25) is 0 Å². The summed E-state index contributed by atoms with van der Waals surface area (Å²) in [6.45, 7) is 6.35. The van der Waals surface area contributed by atoms with Crippen molar-refractivity contribution in [3.8, 4) is 11.5 Å². The van der Waals surface area contributed by atoms with Crippen LogP contribution in [0.3, 0.4) is 0 Å². The van der Waals surface area contributed by atoms with Gasteiger partial charge in [0.05, 0.1) is 12.3 Å². The number of anilines is 1. The number of rotatable bonds is 9. The van der Waals surface area contributed by atoms with Crippen LogP contribution in [0.4, 0.5) is 5.69 Å². The first-order valence-corrected chi connectivity index (χ1v) is 7.94. The van der Waals surface area contributed by atoms with Crippen molar-refractivity contribution in [2.45, 2.75) is 26.7 Å². The van der Waals surface area contributed by atoms with Crippen molar-refractivity contribution in [1.82, 2.24) is 0 Å². The summed E-state index contributed by atoms with van der Waals surface area (Å²) >= 11 is 0. The maximum absolute atomic E-state index is 5.80. The van der Waals surface area contributed by atoms with E-state index in [4.69, 9.17) is 9.47 Å². The van der Waals surface area contributed by atoms with Crippen LogP contribution < -0.4 is 14.8 Å². The highest BCUT2D eigenvalue weighted by Crippen LogP contribution is 2.23. The van der Waals surface area contributed by atoms with Gasteiger partial charge in [0.15, 0.2) is 0 Å². The first-order valence-electron chi connectivity index (χ1n) is 7.94. The molecular weight excluding hydrogens is 274 g/mol. The molecule has 0 saturated heterocycles. The molecule has 118 valence electrons. The molecule has 0 saturated carbocycles. The highest BCUT2D eigenvalue weighted by Gasteiger charge is 2.02. The number of hydrogen-bond donors (Lipinski definition) is 1.